The lowest BCUT2D eigenvalue weighted by molar-refractivity contribution is 1.09. The third-order valence-electron chi connectivity index (χ3n) is 9.94. The molecule has 0 radical (unpaired) electrons. The second-order valence-corrected chi connectivity index (χ2v) is 13.7. The van der Waals surface area contributed by atoms with E-state index in [9.17, 15) is 0 Å². The molecule has 0 heterocycles. The monoisotopic (exact) mass is 754 g/mol. The summed E-state index contributed by atoms with van der Waals surface area (Å²) in [4.78, 5) is 0. The maximum Gasteiger partial charge on any atom is -0.00923 e. The van der Waals surface area contributed by atoms with Crippen molar-refractivity contribution in [2.75, 3.05) is 0 Å². The van der Waals surface area contributed by atoms with E-state index < -0.39 is 0 Å². The maximum absolute atomic E-state index is 4.12. The number of hydrogen-bond acceptors (Lipinski definition) is 0. The fourth-order valence-corrected chi connectivity index (χ4v) is 7.70. The molecule has 0 saturated carbocycles. The first-order valence-corrected chi connectivity index (χ1v) is 20.9. The zero-order chi connectivity index (χ0) is 41.6. The van der Waals surface area contributed by atoms with Gasteiger partial charge in [0, 0.05) is 0 Å². The van der Waals surface area contributed by atoms with Gasteiger partial charge in [-0.25, -0.2) is 0 Å². The molecule has 0 aliphatic rings. The molecule has 0 aliphatic heterocycles. The van der Waals surface area contributed by atoms with Gasteiger partial charge in [-0.2, -0.15) is 0 Å². The summed E-state index contributed by atoms with van der Waals surface area (Å²) in [7, 11) is 0. The van der Waals surface area contributed by atoms with Crippen LogP contribution in [0.1, 0.15) is 60.5 Å². The molecule has 0 N–H and O–H groups in total. The molecule has 0 amide bonds. The van der Waals surface area contributed by atoms with Crippen LogP contribution in [-0.2, 0) is 0 Å². The fourth-order valence-electron chi connectivity index (χ4n) is 7.70. The standard InChI is InChI=1S/C48H32.C3H8.C3H6.2C2H6/c1-3-13-31(4-2)45-29-47-43-21-12-10-19-41(43)46(30-48(47)42-20-11-9-18-40(42)45)36-25-23-32-26-35(24-22-33(32)27-36)44-28-34-14-5-6-15-37(34)38-16-7-8-17-39(38)44;2*1-3-2;2*1-2/h3-30H,1-2H2;3H2,1-2H3;3H,1H2,2H3;2*1-2H3/b31-13+;;;;. The Hall–Kier alpha value is -6.50. The minimum Gasteiger partial charge on any atom is -0.103 e. The van der Waals surface area contributed by atoms with Crippen molar-refractivity contribution in [1.82, 2.24) is 0 Å². The average Bonchev–Trinajstić information content (AvgIpc) is 3.29. The minimum absolute atomic E-state index is 1.07. The Kier molecular flexibility index (Phi) is 15.1. The topological polar surface area (TPSA) is 0 Å². The molecule has 0 heteroatoms. The Bertz CT molecular complexity index is 2880. The van der Waals surface area contributed by atoms with Gasteiger partial charge in [0.05, 0.1) is 0 Å². The van der Waals surface area contributed by atoms with Gasteiger partial charge in [-0.15, -0.1) is 6.58 Å². The Morgan fingerprint density at radius 2 is 0.828 bits per heavy atom. The third-order valence-corrected chi connectivity index (χ3v) is 9.94. The molecule has 9 aromatic rings. The Morgan fingerprint density at radius 3 is 1.33 bits per heavy atom. The predicted molar refractivity (Wildman–Crippen MR) is 265 cm³/mol. The Labute approximate surface area is 347 Å². The molecule has 0 unspecified atom stereocenters. The first-order chi connectivity index (χ1) is 28.5. The molecular formula is C58H58. The van der Waals surface area contributed by atoms with E-state index in [1.54, 1.807) is 6.08 Å². The number of rotatable bonds is 5. The van der Waals surface area contributed by atoms with Crippen LogP contribution < -0.4 is 0 Å². The minimum atomic E-state index is 1.07. The van der Waals surface area contributed by atoms with E-state index in [-0.39, 0.29) is 0 Å². The summed E-state index contributed by atoms with van der Waals surface area (Å²) >= 11 is 0. The molecule has 0 spiro atoms. The molecule has 58 heavy (non-hydrogen) atoms. The normalized spacial score (nSPS) is 10.7. The molecule has 0 atom stereocenters. The van der Waals surface area contributed by atoms with E-state index in [2.05, 4.69) is 185 Å². The van der Waals surface area contributed by atoms with E-state index in [0.29, 0.717) is 0 Å². The van der Waals surface area contributed by atoms with Crippen LogP contribution in [0.15, 0.2) is 196 Å². The molecular weight excluding hydrogens is 697 g/mol. The van der Waals surface area contributed by atoms with Gasteiger partial charge in [-0.1, -0.05) is 207 Å². The van der Waals surface area contributed by atoms with Gasteiger partial charge in [0.1, 0.15) is 0 Å². The van der Waals surface area contributed by atoms with Gasteiger partial charge in [-0.05, 0) is 135 Å². The van der Waals surface area contributed by atoms with E-state index in [0.717, 1.165) is 5.57 Å². The smallest absolute Gasteiger partial charge is 0.00923 e. The van der Waals surface area contributed by atoms with Gasteiger partial charge in [0.25, 0.3) is 0 Å². The van der Waals surface area contributed by atoms with E-state index in [1.807, 2.05) is 52.8 Å². The summed E-state index contributed by atoms with van der Waals surface area (Å²) in [5.41, 5.74) is 7.21. The molecule has 9 aromatic carbocycles. The maximum atomic E-state index is 4.12. The summed E-state index contributed by atoms with van der Waals surface area (Å²) in [5, 5.41) is 15.0. The number of hydrogen-bond donors (Lipinski definition) is 0. The quantitative estimate of drug-likeness (QED) is 0.0932. The van der Waals surface area contributed by atoms with Crippen LogP contribution in [0.4, 0.5) is 0 Å². The van der Waals surface area contributed by atoms with Gasteiger partial charge in [0.2, 0.25) is 0 Å². The Morgan fingerprint density at radius 1 is 0.431 bits per heavy atom. The van der Waals surface area contributed by atoms with Crippen LogP contribution in [0, 0.1) is 0 Å². The number of allylic oxidation sites excluding steroid dienone is 5. The van der Waals surface area contributed by atoms with Crippen molar-refractivity contribution in [3.63, 3.8) is 0 Å². The van der Waals surface area contributed by atoms with Crippen molar-refractivity contribution in [2.24, 2.45) is 0 Å². The molecule has 0 nitrogen and oxygen atoms in total. The highest BCUT2D eigenvalue weighted by Crippen LogP contribution is 2.42. The van der Waals surface area contributed by atoms with Crippen LogP contribution in [0.5, 0.6) is 0 Å². The second-order valence-electron chi connectivity index (χ2n) is 13.7. The fraction of sp³-hybridized carbons (Fsp3) is 0.138. The van der Waals surface area contributed by atoms with E-state index in [4.69, 9.17) is 0 Å². The first-order valence-electron chi connectivity index (χ1n) is 20.9. The van der Waals surface area contributed by atoms with Crippen molar-refractivity contribution in [2.45, 2.75) is 54.9 Å². The zero-order valence-corrected chi connectivity index (χ0v) is 35.6. The molecule has 0 aliphatic carbocycles. The highest BCUT2D eigenvalue weighted by molar-refractivity contribution is 6.23. The van der Waals surface area contributed by atoms with E-state index in [1.165, 1.54) is 98.9 Å². The largest absolute Gasteiger partial charge is 0.103 e. The predicted octanol–water partition coefficient (Wildman–Crippen LogP) is 18.4. The highest BCUT2D eigenvalue weighted by Gasteiger charge is 2.15. The third kappa shape index (κ3) is 8.58. The molecule has 290 valence electrons. The van der Waals surface area contributed by atoms with Crippen LogP contribution in [0.25, 0.3) is 92.5 Å². The summed E-state index contributed by atoms with van der Waals surface area (Å²) in [6.07, 6.45) is 8.80. The average molecular weight is 755 g/mol. The molecule has 0 fully saturated rings. The van der Waals surface area contributed by atoms with Crippen LogP contribution in [0.2, 0.25) is 0 Å². The first kappa shape index (κ1) is 42.6. The SMILES string of the molecule is C=C/C=C(\C=C)c1cc2c3ccccc3c(-c3ccc4cc(-c5cc6ccccc6c6ccccc56)ccc4c3)cc2c2ccccc12.C=CC.CC.CC.CCC. The lowest BCUT2D eigenvalue weighted by Gasteiger charge is -2.17. The summed E-state index contributed by atoms with van der Waals surface area (Å²) < 4.78 is 0. The van der Waals surface area contributed by atoms with Crippen molar-refractivity contribution >= 4 is 70.2 Å². The van der Waals surface area contributed by atoms with Gasteiger partial charge >= 0.3 is 0 Å². The summed E-state index contributed by atoms with van der Waals surface area (Å²) in [6, 6.07) is 55.9. The lowest BCUT2D eigenvalue weighted by Crippen LogP contribution is -1.90. The molecule has 0 saturated heterocycles. The van der Waals surface area contributed by atoms with Gasteiger partial charge in [-0.3, -0.25) is 0 Å². The number of fused-ring (bicyclic) bond motifs is 9. The second kappa shape index (κ2) is 20.6. The Balaban J connectivity index is 0.000000590. The van der Waals surface area contributed by atoms with Gasteiger partial charge in [0.15, 0.2) is 0 Å². The van der Waals surface area contributed by atoms with Crippen molar-refractivity contribution in [3.8, 4) is 22.3 Å². The van der Waals surface area contributed by atoms with Crippen molar-refractivity contribution < 1.29 is 0 Å². The lowest BCUT2D eigenvalue weighted by atomic mass is 9.87. The van der Waals surface area contributed by atoms with Crippen LogP contribution >= 0.6 is 0 Å². The van der Waals surface area contributed by atoms with Crippen LogP contribution in [-0.4, -0.2) is 0 Å². The highest BCUT2D eigenvalue weighted by atomic mass is 14.2. The van der Waals surface area contributed by atoms with Crippen LogP contribution in [0.3, 0.4) is 0 Å². The van der Waals surface area contributed by atoms with Gasteiger partial charge < -0.3 is 0 Å². The van der Waals surface area contributed by atoms with Crippen molar-refractivity contribution in [1.29, 1.82) is 0 Å². The molecule has 0 bridgehead atoms. The molecule has 0 aromatic heterocycles. The van der Waals surface area contributed by atoms with Crippen molar-refractivity contribution in [3.05, 3.63) is 201 Å². The summed E-state index contributed by atoms with van der Waals surface area (Å²) in [6.45, 7) is 25.6. The molecule has 9 rings (SSSR count). The number of benzene rings is 9. The zero-order valence-electron chi connectivity index (χ0n) is 35.6. The van der Waals surface area contributed by atoms with E-state index >= 15 is 0 Å². The summed E-state index contributed by atoms with van der Waals surface area (Å²) in [5.74, 6) is 0.